The van der Waals surface area contributed by atoms with E-state index in [0.29, 0.717) is 54.0 Å². The van der Waals surface area contributed by atoms with Crippen molar-refractivity contribution in [3.8, 4) is 11.5 Å². The van der Waals surface area contributed by atoms with Gasteiger partial charge in [0.25, 0.3) is 11.6 Å². The number of methoxy groups -OCH3 is 2. The third kappa shape index (κ3) is 4.67. The number of carbonyl (C=O) groups excluding carboxylic acids is 1. The first-order chi connectivity index (χ1) is 16.4. The van der Waals surface area contributed by atoms with Crippen LogP contribution in [0.4, 0.5) is 10.8 Å². The second kappa shape index (κ2) is 10.3. The minimum Gasteiger partial charge on any atom is -0.495 e. The minimum atomic E-state index is -0.475. The first kappa shape index (κ1) is 23.9. The van der Waals surface area contributed by atoms with Crippen molar-refractivity contribution in [1.82, 2.24) is 9.88 Å². The first-order valence-corrected chi connectivity index (χ1v) is 11.6. The Morgan fingerprint density at radius 2 is 1.91 bits per heavy atom. The van der Waals surface area contributed by atoms with Crippen LogP contribution in [0.5, 0.6) is 11.5 Å². The number of nitro groups is 1. The van der Waals surface area contributed by atoms with E-state index in [4.69, 9.17) is 19.2 Å². The molecule has 0 unspecified atom stereocenters. The molecule has 4 rings (SSSR count). The summed E-state index contributed by atoms with van der Waals surface area (Å²) < 4.78 is 17.2. The molecule has 1 aromatic heterocycles. The van der Waals surface area contributed by atoms with Crippen LogP contribution in [0.25, 0.3) is 10.2 Å². The maximum absolute atomic E-state index is 13.8. The molecule has 0 spiro atoms. The van der Waals surface area contributed by atoms with Gasteiger partial charge < -0.3 is 14.2 Å². The Hall–Kier alpha value is -3.28. The topological polar surface area (TPSA) is 107 Å². The fraction of sp³-hybridized carbons (Fsp3) is 0.391. The monoisotopic (exact) mass is 486 g/mol. The van der Waals surface area contributed by atoms with Crippen LogP contribution in [0.3, 0.4) is 0 Å². The molecule has 34 heavy (non-hydrogen) atoms. The van der Waals surface area contributed by atoms with Crippen LogP contribution in [-0.2, 0) is 4.74 Å². The summed E-state index contributed by atoms with van der Waals surface area (Å²) in [6.45, 7) is 5.42. The van der Waals surface area contributed by atoms with Gasteiger partial charge in [-0.05, 0) is 25.1 Å². The lowest BCUT2D eigenvalue weighted by atomic mass is 10.1. The van der Waals surface area contributed by atoms with Crippen LogP contribution in [0.15, 0.2) is 30.3 Å². The summed E-state index contributed by atoms with van der Waals surface area (Å²) in [6.07, 6.45) is 0. The van der Waals surface area contributed by atoms with E-state index >= 15 is 0 Å². The molecule has 3 aromatic rings. The van der Waals surface area contributed by atoms with Crippen molar-refractivity contribution in [3.63, 3.8) is 0 Å². The molecule has 1 aliphatic rings. The smallest absolute Gasteiger partial charge is 0.273 e. The van der Waals surface area contributed by atoms with Crippen molar-refractivity contribution < 1.29 is 23.9 Å². The van der Waals surface area contributed by atoms with Gasteiger partial charge in [0.15, 0.2) is 5.13 Å². The zero-order valence-corrected chi connectivity index (χ0v) is 20.1. The summed E-state index contributed by atoms with van der Waals surface area (Å²) in [5.41, 5.74) is 1.10. The SMILES string of the molecule is COc1ccc(OC)c2sc(N(CCN3CCOCC3)C(=O)c3cccc([N+](=O)[O-])c3C)nc12. The lowest BCUT2D eigenvalue weighted by Crippen LogP contribution is -2.43. The van der Waals surface area contributed by atoms with E-state index in [2.05, 4.69) is 4.90 Å². The van der Waals surface area contributed by atoms with E-state index in [1.54, 1.807) is 44.2 Å². The summed E-state index contributed by atoms with van der Waals surface area (Å²) >= 11 is 1.32. The van der Waals surface area contributed by atoms with Gasteiger partial charge in [0, 0.05) is 43.4 Å². The van der Waals surface area contributed by atoms with Crippen LogP contribution in [0.1, 0.15) is 15.9 Å². The second-order valence-corrected chi connectivity index (χ2v) is 8.74. The number of nitro benzene ring substituents is 1. The standard InChI is InChI=1S/C23H26N4O6S/c1-15-16(5-4-6-17(15)27(29)30)22(28)26(10-9-25-11-13-33-14-12-25)23-24-20-18(31-2)7-8-19(32-3)21(20)34-23/h4-8H,9-14H2,1-3H3. The lowest BCUT2D eigenvalue weighted by Gasteiger charge is -2.29. The molecule has 1 saturated heterocycles. The number of aromatic nitrogens is 1. The van der Waals surface area contributed by atoms with Crippen molar-refractivity contribution in [2.75, 3.05) is 58.5 Å². The van der Waals surface area contributed by atoms with Gasteiger partial charge in [-0.3, -0.25) is 24.7 Å². The molecule has 1 aliphatic heterocycles. The van der Waals surface area contributed by atoms with Gasteiger partial charge in [-0.2, -0.15) is 0 Å². The summed E-state index contributed by atoms with van der Waals surface area (Å²) in [6, 6.07) is 8.12. The highest BCUT2D eigenvalue weighted by atomic mass is 32.1. The number of anilines is 1. The van der Waals surface area contributed by atoms with E-state index in [1.807, 2.05) is 0 Å². The molecule has 1 fully saturated rings. The number of morpholine rings is 1. The summed E-state index contributed by atoms with van der Waals surface area (Å²) in [4.78, 5) is 33.3. The fourth-order valence-corrected chi connectivity index (χ4v) is 5.04. The normalized spacial score (nSPS) is 14.2. The molecule has 0 bridgehead atoms. The van der Waals surface area contributed by atoms with Crippen LogP contribution in [-0.4, -0.2) is 74.3 Å². The number of rotatable bonds is 8. The summed E-state index contributed by atoms with van der Waals surface area (Å²) in [5.74, 6) is 0.864. The van der Waals surface area contributed by atoms with Crippen LogP contribution in [0, 0.1) is 17.0 Å². The number of ether oxygens (including phenoxy) is 3. The van der Waals surface area contributed by atoms with Crippen LogP contribution >= 0.6 is 11.3 Å². The molecule has 10 nitrogen and oxygen atoms in total. The van der Waals surface area contributed by atoms with E-state index in [9.17, 15) is 14.9 Å². The van der Waals surface area contributed by atoms with Gasteiger partial charge >= 0.3 is 0 Å². The van der Waals surface area contributed by atoms with Crippen molar-refractivity contribution in [1.29, 1.82) is 0 Å². The van der Waals surface area contributed by atoms with Crippen LogP contribution in [0.2, 0.25) is 0 Å². The van der Waals surface area contributed by atoms with Crippen molar-refractivity contribution in [2.45, 2.75) is 6.92 Å². The average Bonchev–Trinajstić information content (AvgIpc) is 3.29. The minimum absolute atomic E-state index is 0.0911. The van der Waals surface area contributed by atoms with Gasteiger partial charge in [-0.25, -0.2) is 4.98 Å². The zero-order chi connectivity index (χ0) is 24.2. The third-order valence-corrected chi connectivity index (χ3v) is 6.94. The highest BCUT2D eigenvalue weighted by molar-refractivity contribution is 7.22. The van der Waals surface area contributed by atoms with E-state index in [0.717, 1.165) is 17.8 Å². The highest BCUT2D eigenvalue weighted by Crippen LogP contribution is 2.40. The molecule has 0 radical (unpaired) electrons. The predicted octanol–water partition coefficient (Wildman–Crippen LogP) is 3.51. The molecule has 1 amide bonds. The number of hydrogen-bond donors (Lipinski definition) is 0. The average molecular weight is 487 g/mol. The Kier molecular flexibility index (Phi) is 7.25. The third-order valence-electron chi connectivity index (χ3n) is 5.85. The molecule has 0 atom stereocenters. The Morgan fingerprint density at radius 1 is 1.21 bits per heavy atom. The largest absolute Gasteiger partial charge is 0.495 e. The zero-order valence-electron chi connectivity index (χ0n) is 19.3. The number of carbonyl (C=O) groups is 1. The number of amides is 1. The van der Waals surface area contributed by atoms with Crippen molar-refractivity contribution in [3.05, 3.63) is 51.6 Å². The predicted molar refractivity (Wildman–Crippen MR) is 129 cm³/mol. The fourth-order valence-electron chi connectivity index (χ4n) is 3.94. The molecule has 2 heterocycles. The molecular weight excluding hydrogens is 460 g/mol. The Labute approximate surface area is 200 Å². The van der Waals surface area contributed by atoms with Crippen LogP contribution < -0.4 is 14.4 Å². The first-order valence-electron chi connectivity index (χ1n) is 10.8. The maximum Gasteiger partial charge on any atom is 0.273 e. The number of benzene rings is 2. The molecule has 2 aromatic carbocycles. The number of thiazole rings is 1. The molecule has 180 valence electrons. The van der Waals surface area contributed by atoms with Gasteiger partial charge in [-0.15, -0.1) is 0 Å². The molecule has 0 saturated carbocycles. The molecule has 11 heteroatoms. The Bertz CT molecular complexity index is 1170. The van der Waals surface area contributed by atoms with Crippen molar-refractivity contribution in [2.24, 2.45) is 0 Å². The van der Waals surface area contributed by atoms with E-state index in [1.165, 1.54) is 23.5 Å². The molecular formula is C23H26N4O6S. The Balaban J connectivity index is 1.76. The van der Waals surface area contributed by atoms with Gasteiger partial charge in [0.2, 0.25) is 0 Å². The molecule has 0 N–H and O–H groups in total. The maximum atomic E-state index is 13.8. The second-order valence-electron chi connectivity index (χ2n) is 7.76. The van der Waals surface area contributed by atoms with Crippen molar-refractivity contribution >= 4 is 38.3 Å². The van der Waals surface area contributed by atoms with E-state index < -0.39 is 4.92 Å². The number of hydrogen-bond acceptors (Lipinski definition) is 9. The van der Waals surface area contributed by atoms with Gasteiger partial charge in [0.1, 0.15) is 21.7 Å². The van der Waals surface area contributed by atoms with Gasteiger partial charge in [0.05, 0.1) is 32.4 Å². The number of nitrogens with zero attached hydrogens (tertiary/aromatic N) is 4. The van der Waals surface area contributed by atoms with Gasteiger partial charge in [-0.1, -0.05) is 17.4 Å². The summed E-state index contributed by atoms with van der Waals surface area (Å²) in [7, 11) is 3.14. The quantitative estimate of drug-likeness (QED) is 0.352. The lowest BCUT2D eigenvalue weighted by molar-refractivity contribution is -0.385. The number of fused-ring (bicyclic) bond motifs is 1. The van der Waals surface area contributed by atoms with E-state index in [-0.39, 0.29) is 17.2 Å². The summed E-state index contributed by atoms with van der Waals surface area (Å²) in [5, 5.41) is 11.9. The highest BCUT2D eigenvalue weighted by Gasteiger charge is 2.27. The molecule has 0 aliphatic carbocycles. The Morgan fingerprint density at radius 3 is 2.59 bits per heavy atom.